The predicted molar refractivity (Wildman–Crippen MR) is 105 cm³/mol. The molecule has 2 aromatic heterocycles. The molecule has 0 bridgehead atoms. The van der Waals surface area contributed by atoms with Gasteiger partial charge in [0.1, 0.15) is 16.9 Å². The molecular formula is C19H23N7O2. The molecule has 2 heterocycles. The number of hydrogen-bond acceptors (Lipinski definition) is 8. The van der Waals surface area contributed by atoms with Crippen LogP contribution in [0.5, 0.6) is 0 Å². The van der Waals surface area contributed by atoms with E-state index in [-0.39, 0.29) is 11.9 Å². The summed E-state index contributed by atoms with van der Waals surface area (Å²) in [5.41, 5.74) is 1.79. The van der Waals surface area contributed by atoms with Crippen LogP contribution in [0.3, 0.4) is 0 Å². The molecule has 0 aliphatic heterocycles. The minimum atomic E-state index is -0.0941. The van der Waals surface area contributed by atoms with Crippen LogP contribution < -0.4 is 15.5 Å². The Morgan fingerprint density at radius 3 is 2.61 bits per heavy atom. The van der Waals surface area contributed by atoms with Gasteiger partial charge in [0.05, 0.1) is 0 Å². The molecule has 4 rings (SSSR count). The molecule has 146 valence electrons. The topological polar surface area (TPSA) is 109 Å². The molecule has 1 aromatic carbocycles. The van der Waals surface area contributed by atoms with Gasteiger partial charge >= 0.3 is 0 Å². The summed E-state index contributed by atoms with van der Waals surface area (Å²) in [7, 11) is 3.91. The number of amides is 1. The minimum Gasteiger partial charge on any atom is -0.363 e. The molecule has 1 saturated carbocycles. The van der Waals surface area contributed by atoms with Crippen molar-refractivity contribution >= 4 is 28.7 Å². The maximum absolute atomic E-state index is 12.5. The van der Waals surface area contributed by atoms with Gasteiger partial charge < -0.3 is 15.5 Å². The van der Waals surface area contributed by atoms with Crippen molar-refractivity contribution in [3.8, 4) is 0 Å². The number of fused-ring (bicyclic) bond motifs is 1. The Hall–Kier alpha value is -3.23. The van der Waals surface area contributed by atoms with Crippen LogP contribution in [-0.2, 0) is 0 Å². The van der Waals surface area contributed by atoms with Crippen molar-refractivity contribution < 1.29 is 9.42 Å². The van der Waals surface area contributed by atoms with E-state index in [0.29, 0.717) is 28.6 Å². The lowest BCUT2D eigenvalue weighted by Crippen LogP contribution is -2.40. The third-order valence-electron chi connectivity index (χ3n) is 5.01. The third kappa shape index (κ3) is 4.03. The van der Waals surface area contributed by atoms with E-state index < -0.39 is 0 Å². The zero-order chi connectivity index (χ0) is 19.5. The van der Waals surface area contributed by atoms with Crippen LogP contribution in [0, 0.1) is 0 Å². The highest BCUT2D eigenvalue weighted by Gasteiger charge is 2.23. The van der Waals surface area contributed by atoms with Crippen molar-refractivity contribution in [1.82, 2.24) is 25.6 Å². The number of carbonyl (C=O) groups is 1. The summed E-state index contributed by atoms with van der Waals surface area (Å²) >= 11 is 0. The van der Waals surface area contributed by atoms with Crippen LogP contribution in [0.15, 0.2) is 35.1 Å². The van der Waals surface area contributed by atoms with Crippen LogP contribution in [0.1, 0.15) is 36.0 Å². The molecule has 1 aliphatic rings. The maximum atomic E-state index is 12.5. The number of hydrogen-bond donors (Lipinski definition) is 2. The third-order valence-corrected chi connectivity index (χ3v) is 5.01. The van der Waals surface area contributed by atoms with Gasteiger partial charge in [0.2, 0.25) is 5.95 Å². The number of anilines is 2. The van der Waals surface area contributed by atoms with E-state index in [9.17, 15) is 4.79 Å². The van der Waals surface area contributed by atoms with Crippen LogP contribution in [0.25, 0.3) is 11.0 Å². The van der Waals surface area contributed by atoms with Gasteiger partial charge in [-0.25, -0.2) is 9.61 Å². The highest BCUT2D eigenvalue weighted by atomic mass is 16.6. The molecule has 3 aromatic rings. The molecule has 9 heteroatoms. The van der Waals surface area contributed by atoms with Crippen LogP contribution in [-0.4, -0.2) is 52.4 Å². The van der Waals surface area contributed by atoms with E-state index in [4.69, 9.17) is 0 Å². The van der Waals surface area contributed by atoms with Crippen molar-refractivity contribution in [3.05, 3.63) is 36.0 Å². The van der Waals surface area contributed by atoms with E-state index in [1.54, 1.807) is 24.4 Å². The molecule has 0 spiro atoms. The van der Waals surface area contributed by atoms with E-state index in [1.807, 2.05) is 25.1 Å². The summed E-state index contributed by atoms with van der Waals surface area (Å²) in [5, 5.41) is 14.1. The van der Waals surface area contributed by atoms with Gasteiger partial charge in [0.15, 0.2) is 0 Å². The second kappa shape index (κ2) is 7.79. The summed E-state index contributed by atoms with van der Waals surface area (Å²) in [4.78, 5) is 23.3. The lowest BCUT2D eigenvalue weighted by atomic mass is 9.91. The molecule has 1 aliphatic carbocycles. The molecule has 2 N–H and O–H groups in total. The minimum absolute atomic E-state index is 0.0941. The zero-order valence-electron chi connectivity index (χ0n) is 15.9. The average molecular weight is 381 g/mol. The Morgan fingerprint density at radius 1 is 1.07 bits per heavy atom. The van der Waals surface area contributed by atoms with Gasteiger partial charge in [0.25, 0.3) is 5.91 Å². The number of carbonyl (C=O) groups excluding carboxylic acids is 1. The quantitative estimate of drug-likeness (QED) is 0.692. The SMILES string of the molecule is CN(C)c1ccnc(N[C@H]2CC[C@@H](NC(=O)c3ccc4nonc4c3)CC2)n1. The molecule has 0 saturated heterocycles. The molecule has 0 radical (unpaired) electrons. The summed E-state index contributed by atoms with van der Waals surface area (Å²) in [5.74, 6) is 1.43. The molecule has 28 heavy (non-hydrogen) atoms. The average Bonchev–Trinajstić information content (AvgIpc) is 3.17. The Kier molecular flexibility index (Phi) is 5.05. The number of nitrogens with zero attached hydrogens (tertiary/aromatic N) is 5. The molecule has 1 fully saturated rings. The van der Waals surface area contributed by atoms with Crippen LogP contribution in [0.2, 0.25) is 0 Å². The Bertz CT molecular complexity index is 964. The van der Waals surface area contributed by atoms with Crippen molar-refractivity contribution in [2.45, 2.75) is 37.8 Å². The molecule has 9 nitrogen and oxygen atoms in total. The first-order valence-electron chi connectivity index (χ1n) is 9.38. The van der Waals surface area contributed by atoms with Crippen molar-refractivity contribution in [1.29, 1.82) is 0 Å². The highest BCUT2D eigenvalue weighted by Crippen LogP contribution is 2.22. The lowest BCUT2D eigenvalue weighted by Gasteiger charge is -2.29. The first-order valence-corrected chi connectivity index (χ1v) is 9.38. The van der Waals surface area contributed by atoms with Gasteiger partial charge in [-0.15, -0.1) is 0 Å². The number of nitrogens with one attached hydrogen (secondary N) is 2. The molecular weight excluding hydrogens is 358 g/mol. The summed E-state index contributed by atoms with van der Waals surface area (Å²) in [6.45, 7) is 0. The fourth-order valence-electron chi connectivity index (χ4n) is 3.42. The van der Waals surface area contributed by atoms with E-state index in [0.717, 1.165) is 31.5 Å². The fraction of sp³-hybridized carbons (Fsp3) is 0.421. The zero-order valence-corrected chi connectivity index (χ0v) is 15.9. The lowest BCUT2D eigenvalue weighted by molar-refractivity contribution is 0.0926. The predicted octanol–water partition coefficient (Wildman–Crippen LogP) is 2.23. The summed E-state index contributed by atoms with van der Waals surface area (Å²) in [6, 6.07) is 7.52. The van der Waals surface area contributed by atoms with Gasteiger partial charge in [-0.05, 0) is 60.3 Å². The molecule has 0 unspecified atom stereocenters. The van der Waals surface area contributed by atoms with E-state index in [1.165, 1.54) is 0 Å². The maximum Gasteiger partial charge on any atom is 0.251 e. The normalized spacial score (nSPS) is 19.4. The number of rotatable bonds is 5. The van der Waals surface area contributed by atoms with E-state index >= 15 is 0 Å². The Balaban J connectivity index is 1.30. The number of benzene rings is 1. The van der Waals surface area contributed by atoms with Crippen LogP contribution >= 0.6 is 0 Å². The van der Waals surface area contributed by atoms with Gasteiger partial charge in [0, 0.05) is 37.9 Å². The number of aromatic nitrogens is 4. The Morgan fingerprint density at radius 2 is 1.82 bits per heavy atom. The second-order valence-electron chi connectivity index (χ2n) is 7.27. The van der Waals surface area contributed by atoms with Gasteiger partial charge in [-0.3, -0.25) is 4.79 Å². The monoisotopic (exact) mass is 381 g/mol. The molecule has 0 atom stereocenters. The highest BCUT2D eigenvalue weighted by molar-refractivity contribution is 5.97. The van der Waals surface area contributed by atoms with E-state index in [2.05, 4.69) is 35.5 Å². The van der Waals surface area contributed by atoms with Crippen molar-refractivity contribution in [3.63, 3.8) is 0 Å². The first kappa shape index (κ1) is 18.1. The van der Waals surface area contributed by atoms with Crippen molar-refractivity contribution in [2.75, 3.05) is 24.3 Å². The molecule has 1 amide bonds. The summed E-state index contributed by atoms with van der Waals surface area (Å²) in [6.07, 6.45) is 5.48. The standard InChI is InChI=1S/C19H23N7O2/c1-26(2)17-9-10-20-19(23-17)22-14-6-4-13(5-7-14)21-18(27)12-3-8-15-16(11-12)25-28-24-15/h3,8-11,13-14H,4-7H2,1-2H3,(H,21,27)(H,20,22,23)/t13-,14+. The largest absolute Gasteiger partial charge is 0.363 e. The fourth-order valence-corrected chi connectivity index (χ4v) is 3.42. The first-order chi connectivity index (χ1) is 13.6. The Labute approximate surface area is 162 Å². The smallest absolute Gasteiger partial charge is 0.251 e. The second-order valence-corrected chi connectivity index (χ2v) is 7.27. The van der Waals surface area contributed by atoms with Crippen LogP contribution in [0.4, 0.5) is 11.8 Å². The summed E-state index contributed by atoms with van der Waals surface area (Å²) < 4.78 is 4.68. The van der Waals surface area contributed by atoms with Gasteiger partial charge in [-0.1, -0.05) is 0 Å². The van der Waals surface area contributed by atoms with Crippen molar-refractivity contribution in [2.24, 2.45) is 0 Å². The van der Waals surface area contributed by atoms with Gasteiger partial charge in [-0.2, -0.15) is 4.98 Å².